The number of nitrogens with one attached hydrogen (secondary N) is 1. The highest BCUT2D eigenvalue weighted by Gasteiger charge is 2.40. The average Bonchev–Trinajstić information content (AvgIpc) is 2.46. The summed E-state index contributed by atoms with van der Waals surface area (Å²) in [7, 11) is 0. The largest absolute Gasteiger partial charge is 0.342 e. The van der Waals surface area contributed by atoms with Crippen molar-refractivity contribution in [1.82, 2.24) is 5.32 Å². The van der Waals surface area contributed by atoms with E-state index in [0.29, 0.717) is 12.8 Å². The summed E-state index contributed by atoms with van der Waals surface area (Å²) >= 11 is 3.55. The lowest BCUT2D eigenvalue weighted by Gasteiger charge is -2.39. The van der Waals surface area contributed by atoms with Crippen LogP contribution in [-0.2, 0) is 9.59 Å². The van der Waals surface area contributed by atoms with E-state index in [1.54, 1.807) is 4.90 Å². The molecule has 5 heteroatoms. The topological polar surface area (TPSA) is 49.4 Å². The van der Waals surface area contributed by atoms with Gasteiger partial charge in [-0.05, 0) is 47.3 Å². The molecule has 114 valence electrons. The molecular formula is C16H21BrN2O2. The zero-order valence-corrected chi connectivity index (χ0v) is 14.2. The molecule has 0 saturated carbocycles. The second-order valence-corrected chi connectivity index (χ2v) is 6.18. The minimum atomic E-state index is -0.441. The summed E-state index contributed by atoms with van der Waals surface area (Å²) in [5, 5.41) is 2.86. The van der Waals surface area contributed by atoms with Crippen LogP contribution >= 0.6 is 15.9 Å². The van der Waals surface area contributed by atoms with Crippen molar-refractivity contribution >= 4 is 33.4 Å². The van der Waals surface area contributed by atoms with Crippen molar-refractivity contribution in [3.63, 3.8) is 0 Å². The Morgan fingerprint density at radius 1 is 1.29 bits per heavy atom. The Bertz CT molecular complexity index is 559. The summed E-state index contributed by atoms with van der Waals surface area (Å²) in [4.78, 5) is 26.8. The Hall–Kier alpha value is -1.36. The first kappa shape index (κ1) is 16.0. The molecule has 2 atom stereocenters. The Labute approximate surface area is 134 Å². The van der Waals surface area contributed by atoms with E-state index in [-0.39, 0.29) is 11.8 Å². The van der Waals surface area contributed by atoms with Gasteiger partial charge in [0, 0.05) is 4.47 Å². The molecule has 1 saturated heterocycles. The van der Waals surface area contributed by atoms with Gasteiger partial charge in [0.05, 0.1) is 5.69 Å². The molecule has 2 unspecified atom stereocenters. The highest BCUT2D eigenvalue weighted by atomic mass is 79.9. The summed E-state index contributed by atoms with van der Waals surface area (Å²) in [6, 6.07) is 4.92. The fourth-order valence-electron chi connectivity index (χ4n) is 2.73. The van der Waals surface area contributed by atoms with Crippen LogP contribution in [0.15, 0.2) is 22.7 Å². The van der Waals surface area contributed by atoms with Crippen LogP contribution in [0.5, 0.6) is 0 Å². The van der Waals surface area contributed by atoms with Gasteiger partial charge in [0.2, 0.25) is 11.8 Å². The molecule has 1 fully saturated rings. The van der Waals surface area contributed by atoms with E-state index < -0.39 is 12.1 Å². The van der Waals surface area contributed by atoms with E-state index in [4.69, 9.17) is 0 Å². The maximum absolute atomic E-state index is 12.8. The van der Waals surface area contributed by atoms with Crippen molar-refractivity contribution in [3.05, 3.63) is 28.2 Å². The Balaban J connectivity index is 2.47. The van der Waals surface area contributed by atoms with Gasteiger partial charge in [-0.3, -0.25) is 14.5 Å². The quantitative estimate of drug-likeness (QED) is 0.904. The maximum atomic E-state index is 12.8. The number of benzene rings is 1. The molecule has 21 heavy (non-hydrogen) atoms. The van der Waals surface area contributed by atoms with Crippen LogP contribution in [0, 0.1) is 6.92 Å². The van der Waals surface area contributed by atoms with Gasteiger partial charge in [0.25, 0.3) is 0 Å². The molecule has 2 amide bonds. The van der Waals surface area contributed by atoms with Crippen molar-refractivity contribution in [2.75, 3.05) is 4.90 Å². The van der Waals surface area contributed by atoms with Gasteiger partial charge in [0.1, 0.15) is 12.1 Å². The molecule has 1 N–H and O–H groups in total. The molecule has 1 heterocycles. The molecule has 0 aromatic heterocycles. The standard InChI is InChI=1S/C16H21BrN2O2/c1-4-7-11-16(21)19(12(5-2)15(20)18-11)13-9-6-8-10(3)14(13)17/h6,8-9,11-12H,4-5,7H2,1-3H3,(H,18,20). The van der Waals surface area contributed by atoms with Gasteiger partial charge >= 0.3 is 0 Å². The third-order valence-electron chi connectivity index (χ3n) is 3.86. The van der Waals surface area contributed by atoms with E-state index >= 15 is 0 Å². The number of carbonyl (C=O) groups is 2. The number of hydrogen-bond donors (Lipinski definition) is 1. The number of rotatable bonds is 4. The Kier molecular flexibility index (Phi) is 5.04. The molecule has 1 aliphatic heterocycles. The summed E-state index contributed by atoms with van der Waals surface area (Å²) in [5.41, 5.74) is 1.83. The number of hydrogen-bond acceptors (Lipinski definition) is 2. The molecular weight excluding hydrogens is 332 g/mol. The summed E-state index contributed by atoms with van der Waals surface area (Å²) in [5.74, 6) is -0.0847. The molecule has 1 aliphatic rings. The van der Waals surface area contributed by atoms with Gasteiger partial charge in [0.15, 0.2) is 0 Å². The normalized spacial score (nSPS) is 22.4. The van der Waals surface area contributed by atoms with Gasteiger partial charge in [-0.2, -0.15) is 0 Å². The van der Waals surface area contributed by atoms with Crippen LogP contribution in [0.3, 0.4) is 0 Å². The number of amides is 2. The molecule has 4 nitrogen and oxygen atoms in total. The summed E-state index contributed by atoms with van der Waals surface area (Å²) in [6.45, 7) is 5.92. The molecule has 0 aliphatic carbocycles. The smallest absolute Gasteiger partial charge is 0.250 e. The van der Waals surface area contributed by atoms with E-state index in [2.05, 4.69) is 21.2 Å². The molecule has 1 aromatic rings. The van der Waals surface area contributed by atoms with Crippen LogP contribution < -0.4 is 10.2 Å². The molecule has 1 aromatic carbocycles. The van der Waals surface area contributed by atoms with Crippen LogP contribution in [-0.4, -0.2) is 23.9 Å². The minimum Gasteiger partial charge on any atom is -0.342 e. The fourth-order valence-corrected chi connectivity index (χ4v) is 3.18. The summed E-state index contributed by atoms with van der Waals surface area (Å²) < 4.78 is 0.877. The van der Waals surface area contributed by atoms with E-state index in [1.165, 1.54) is 0 Å². The number of halogens is 1. The zero-order valence-electron chi connectivity index (χ0n) is 12.6. The number of anilines is 1. The molecule has 0 spiro atoms. The lowest BCUT2D eigenvalue weighted by atomic mass is 10.0. The number of aryl methyl sites for hydroxylation is 1. The highest BCUT2D eigenvalue weighted by molar-refractivity contribution is 9.10. The van der Waals surface area contributed by atoms with Crippen LogP contribution in [0.4, 0.5) is 5.69 Å². The van der Waals surface area contributed by atoms with Crippen molar-refractivity contribution in [2.45, 2.75) is 52.1 Å². The lowest BCUT2D eigenvalue weighted by Crippen LogP contribution is -2.63. The second kappa shape index (κ2) is 6.60. The van der Waals surface area contributed by atoms with Crippen molar-refractivity contribution in [1.29, 1.82) is 0 Å². The molecule has 0 radical (unpaired) electrons. The predicted octanol–water partition coefficient (Wildman–Crippen LogP) is 3.17. The van der Waals surface area contributed by atoms with Crippen molar-refractivity contribution in [3.8, 4) is 0 Å². The first-order valence-electron chi connectivity index (χ1n) is 7.39. The van der Waals surface area contributed by atoms with E-state index in [0.717, 1.165) is 22.1 Å². The van der Waals surface area contributed by atoms with Crippen molar-refractivity contribution < 1.29 is 9.59 Å². The van der Waals surface area contributed by atoms with Crippen LogP contribution in [0.25, 0.3) is 0 Å². The Morgan fingerprint density at radius 3 is 2.62 bits per heavy atom. The zero-order chi connectivity index (χ0) is 15.6. The van der Waals surface area contributed by atoms with Gasteiger partial charge in [-0.25, -0.2) is 0 Å². The lowest BCUT2D eigenvalue weighted by molar-refractivity contribution is -0.134. The Morgan fingerprint density at radius 2 is 2.00 bits per heavy atom. The van der Waals surface area contributed by atoms with Gasteiger partial charge in [-0.15, -0.1) is 0 Å². The SMILES string of the molecule is CCCC1NC(=O)C(CC)N(c2cccc(C)c2Br)C1=O. The van der Waals surface area contributed by atoms with Crippen molar-refractivity contribution in [2.24, 2.45) is 0 Å². The number of carbonyl (C=O) groups excluding carboxylic acids is 2. The monoisotopic (exact) mass is 352 g/mol. The second-order valence-electron chi connectivity index (χ2n) is 5.39. The van der Waals surface area contributed by atoms with Crippen LogP contribution in [0.2, 0.25) is 0 Å². The summed E-state index contributed by atoms with van der Waals surface area (Å²) in [6.07, 6.45) is 2.12. The number of nitrogens with zero attached hydrogens (tertiary/aromatic N) is 1. The third kappa shape index (κ3) is 2.98. The molecule has 2 rings (SSSR count). The molecule has 0 bridgehead atoms. The predicted molar refractivity (Wildman–Crippen MR) is 87.3 cm³/mol. The van der Waals surface area contributed by atoms with E-state index in [9.17, 15) is 9.59 Å². The third-order valence-corrected chi connectivity index (χ3v) is 4.89. The average molecular weight is 353 g/mol. The fraction of sp³-hybridized carbons (Fsp3) is 0.500. The highest BCUT2D eigenvalue weighted by Crippen LogP contribution is 2.33. The van der Waals surface area contributed by atoms with Gasteiger partial charge < -0.3 is 5.32 Å². The van der Waals surface area contributed by atoms with E-state index in [1.807, 2.05) is 39.0 Å². The first-order chi connectivity index (χ1) is 10.0. The minimum absolute atomic E-state index is 0.0189. The van der Waals surface area contributed by atoms with Crippen LogP contribution in [0.1, 0.15) is 38.7 Å². The van der Waals surface area contributed by atoms with Gasteiger partial charge in [-0.1, -0.05) is 32.4 Å². The first-order valence-corrected chi connectivity index (χ1v) is 8.19. The number of piperazine rings is 1. The maximum Gasteiger partial charge on any atom is 0.250 e.